The minimum Gasteiger partial charge on any atom is -0.378 e. The molecule has 0 aromatic carbocycles. The predicted molar refractivity (Wildman–Crippen MR) is 55.9 cm³/mol. The molecule has 78 valence electrons. The monoisotopic (exact) mass is 185 g/mol. The van der Waals surface area contributed by atoms with Crippen LogP contribution in [-0.4, -0.2) is 25.8 Å². The van der Waals surface area contributed by atoms with E-state index in [2.05, 4.69) is 26.2 Å². The summed E-state index contributed by atoms with van der Waals surface area (Å²) < 4.78 is 5.63. The molecule has 3 unspecified atom stereocenters. The van der Waals surface area contributed by atoms with Crippen LogP contribution in [0, 0.1) is 5.92 Å². The fraction of sp³-hybridized carbons (Fsp3) is 1.00. The summed E-state index contributed by atoms with van der Waals surface area (Å²) in [6.45, 7) is 5.55. The lowest BCUT2D eigenvalue weighted by Gasteiger charge is -2.24. The second-order valence-electron chi connectivity index (χ2n) is 4.15. The molecule has 0 bridgehead atoms. The normalized spacial score (nSPS) is 27.5. The van der Waals surface area contributed by atoms with E-state index < -0.39 is 0 Å². The topological polar surface area (TPSA) is 21.3 Å². The van der Waals surface area contributed by atoms with Gasteiger partial charge in [0.1, 0.15) is 0 Å². The van der Waals surface area contributed by atoms with Gasteiger partial charge in [-0.15, -0.1) is 0 Å². The summed E-state index contributed by atoms with van der Waals surface area (Å²) in [5, 5.41) is 3.37. The van der Waals surface area contributed by atoms with Crippen molar-refractivity contribution < 1.29 is 4.74 Å². The smallest absolute Gasteiger partial charge is 0.0579 e. The van der Waals surface area contributed by atoms with E-state index in [1.165, 1.54) is 25.7 Å². The average molecular weight is 185 g/mol. The van der Waals surface area contributed by atoms with Crippen LogP contribution in [0.15, 0.2) is 0 Å². The van der Waals surface area contributed by atoms with Gasteiger partial charge < -0.3 is 10.1 Å². The van der Waals surface area contributed by atoms with Crippen molar-refractivity contribution >= 4 is 0 Å². The Kier molecular flexibility index (Phi) is 4.74. The number of hydrogen-bond donors (Lipinski definition) is 1. The van der Waals surface area contributed by atoms with E-state index >= 15 is 0 Å². The minimum absolute atomic E-state index is 0.539. The number of ether oxygens (including phenoxy) is 1. The summed E-state index contributed by atoms with van der Waals surface area (Å²) in [5.41, 5.74) is 0. The molecule has 1 heterocycles. The van der Waals surface area contributed by atoms with Gasteiger partial charge in [0.15, 0.2) is 0 Å². The van der Waals surface area contributed by atoms with Crippen molar-refractivity contribution in [1.29, 1.82) is 0 Å². The Labute approximate surface area is 82.0 Å². The average Bonchev–Trinajstić information content (AvgIpc) is 2.59. The van der Waals surface area contributed by atoms with Gasteiger partial charge in [0, 0.05) is 12.6 Å². The van der Waals surface area contributed by atoms with Crippen molar-refractivity contribution in [3.05, 3.63) is 0 Å². The first-order valence-corrected chi connectivity index (χ1v) is 5.56. The van der Waals surface area contributed by atoms with E-state index in [0.717, 1.165) is 12.5 Å². The molecule has 0 radical (unpaired) electrons. The van der Waals surface area contributed by atoms with E-state index in [0.29, 0.717) is 12.1 Å². The zero-order chi connectivity index (χ0) is 9.68. The summed E-state index contributed by atoms with van der Waals surface area (Å²) >= 11 is 0. The van der Waals surface area contributed by atoms with Gasteiger partial charge in [-0.2, -0.15) is 0 Å². The highest BCUT2D eigenvalue weighted by atomic mass is 16.5. The van der Waals surface area contributed by atoms with Crippen LogP contribution in [0.1, 0.15) is 39.5 Å². The zero-order valence-electron chi connectivity index (χ0n) is 9.18. The van der Waals surface area contributed by atoms with Gasteiger partial charge in [0.25, 0.3) is 0 Å². The summed E-state index contributed by atoms with van der Waals surface area (Å²) in [6, 6.07) is 0.657. The van der Waals surface area contributed by atoms with E-state index in [4.69, 9.17) is 4.74 Å². The van der Waals surface area contributed by atoms with Crippen LogP contribution in [-0.2, 0) is 4.74 Å². The first-order chi connectivity index (χ1) is 6.27. The molecule has 1 saturated heterocycles. The maximum Gasteiger partial charge on any atom is 0.0579 e. The lowest BCUT2D eigenvalue weighted by atomic mass is 9.93. The van der Waals surface area contributed by atoms with E-state index in [1.807, 2.05) is 0 Å². The standard InChI is InChI=1S/C11H23NO/c1-4-11(12-3)9(2)8-10-6-5-7-13-10/h9-12H,4-8H2,1-3H3. The van der Waals surface area contributed by atoms with Crippen molar-refractivity contribution in [2.75, 3.05) is 13.7 Å². The molecular weight excluding hydrogens is 162 g/mol. The molecule has 0 amide bonds. The lowest BCUT2D eigenvalue weighted by molar-refractivity contribution is 0.0860. The molecular formula is C11H23NO. The van der Waals surface area contributed by atoms with Crippen LogP contribution < -0.4 is 5.32 Å². The van der Waals surface area contributed by atoms with E-state index in [9.17, 15) is 0 Å². The molecule has 0 saturated carbocycles. The van der Waals surface area contributed by atoms with Gasteiger partial charge in [-0.1, -0.05) is 13.8 Å². The molecule has 0 aromatic heterocycles. The van der Waals surface area contributed by atoms with Crippen LogP contribution in [0.3, 0.4) is 0 Å². The molecule has 1 aliphatic rings. The first kappa shape index (κ1) is 11.0. The maximum atomic E-state index is 5.63. The summed E-state index contributed by atoms with van der Waals surface area (Å²) in [4.78, 5) is 0. The van der Waals surface area contributed by atoms with Crippen LogP contribution in [0.5, 0.6) is 0 Å². The fourth-order valence-corrected chi connectivity index (χ4v) is 2.30. The van der Waals surface area contributed by atoms with Gasteiger partial charge in [-0.25, -0.2) is 0 Å². The Morgan fingerprint density at radius 1 is 1.54 bits per heavy atom. The Morgan fingerprint density at radius 2 is 2.31 bits per heavy atom. The maximum absolute atomic E-state index is 5.63. The number of hydrogen-bond acceptors (Lipinski definition) is 2. The van der Waals surface area contributed by atoms with Crippen molar-refractivity contribution in [1.82, 2.24) is 5.32 Å². The van der Waals surface area contributed by atoms with Gasteiger partial charge >= 0.3 is 0 Å². The predicted octanol–water partition coefficient (Wildman–Crippen LogP) is 2.19. The highest BCUT2D eigenvalue weighted by Gasteiger charge is 2.21. The molecule has 2 nitrogen and oxygen atoms in total. The third-order valence-electron chi connectivity index (χ3n) is 3.16. The quantitative estimate of drug-likeness (QED) is 0.709. The van der Waals surface area contributed by atoms with E-state index in [1.54, 1.807) is 0 Å². The van der Waals surface area contributed by atoms with Crippen molar-refractivity contribution in [3.63, 3.8) is 0 Å². The van der Waals surface area contributed by atoms with Crippen LogP contribution in [0.2, 0.25) is 0 Å². The Hall–Kier alpha value is -0.0800. The Bertz CT molecular complexity index is 128. The summed E-state index contributed by atoms with van der Waals surface area (Å²) in [6.07, 6.45) is 5.50. The molecule has 0 aromatic rings. The molecule has 1 N–H and O–H groups in total. The minimum atomic E-state index is 0.539. The third kappa shape index (κ3) is 3.28. The highest BCUT2D eigenvalue weighted by Crippen LogP contribution is 2.22. The molecule has 0 spiro atoms. The highest BCUT2D eigenvalue weighted by molar-refractivity contribution is 4.75. The van der Waals surface area contributed by atoms with Crippen LogP contribution in [0.25, 0.3) is 0 Å². The van der Waals surface area contributed by atoms with Crippen molar-refractivity contribution in [2.24, 2.45) is 5.92 Å². The van der Waals surface area contributed by atoms with Gasteiger partial charge in [-0.05, 0) is 38.6 Å². The molecule has 3 atom stereocenters. The van der Waals surface area contributed by atoms with Crippen LogP contribution in [0.4, 0.5) is 0 Å². The van der Waals surface area contributed by atoms with Gasteiger partial charge in [-0.3, -0.25) is 0 Å². The molecule has 2 heteroatoms. The second kappa shape index (κ2) is 5.61. The summed E-state index contributed by atoms with van der Waals surface area (Å²) in [7, 11) is 2.06. The molecule has 13 heavy (non-hydrogen) atoms. The Morgan fingerprint density at radius 3 is 2.77 bits per heavy atom. The molecule has 1 aliphatic heterocycles. The number of nitrogens with one attached hydrogen (secondary N) is 1. The Balaban J connectivity index is 2.25. The summed E-state index contributed by atoms with van der Waals surface area (Å²) in [5.74, 6) is 0.734. The van der Waals surface area contributed by atoms with Gasteiger partial charge in [0.2, 0.25) is 0 Å². The molecule has 1 rings (SSSR count). The number of rotatable bonds is 5. The molecule has 0 aliphatic carbocycles. The van der Waals surface area contributed by atoms with Gasteiger partial charge in [0.05, 0.1) is 6.10 Å². The SMILES string of the molecule is CCC(NC)C(C)CC1CCCO1. The largest absolute Gasteiger partial charge is 0.378 e. The zero-order valence-corrected chi connectivity index (χ0v) is 9.18. The third-order valence-corrected chi connectivity index (χ3v) is 3.16. The van der Waals surface area contributed by atoms with Crippen molar-refractivity contribution in [3.8, 4) is 0 Å². The molecule has 1 fully saturated rings. The van der Waals surface area contributed by atoms with Crippen molar-refractivity contribution in [2.45, 2.75) is 51.7 Å². The fourth-order valence-electron chi connectivity index (χ4n) is 2.30. The lowest BCUT2D eigenvalue weighted by Crippen LogP contribution is -2.33. The van der Waals surface area contributed by atoms with Crippen LogP contribution >= 0.6 is 0 Å². The second-order valence-corrected chi connectivity index (χ2v) is 4.15. The first-order valence-electron chi connectivity index (χ1n) is 5.56. The van der Waals surface area contributed by atoms with E-state index in [-0.39, 0.29) is 0 Å².